The SMILES string of the molecule is C=CCC(N)C(=O)Nc1cccc(Cl)c1Cl. The van der Waals surface area contributed by atoms with Crippen molar-refractivity contribution in [2.24, 2.45) is 5.73 Å². The van der Waals surface area contributed by atoms with Crippen LogP contribution in [0.2, 0.25) is 10.0 Å². The normalized spacial score (nSPS) is 11.9. The lowest BCUT2D eigenvalue weighted by molar-refractivity contribution is -0.117. The third kappa shape index (κ3) is 3.23. The Labute approximate surface area is 104 Å². The van der Waals surface area contributed by atoms with Crippen molar-refractivity contribution in [1.82, 2.24) is 0 Å². The van der Waals surface area contributed by atoms with Crippen LogP contribution in [0.3, 0.4) is 0 Å². The van der Waals surface area contributed by atoms with Crippen molar-refractivity contribution in [3.05, 3.63) is 40.9 Å². The number of hydrogen-bond acceptors (Lipinski definition) is 2. The minimum Gasteiger partial charge on any atom is -0.323 e. The highest BCUT2D eigenvalue weighted by Crippen LogP contribution is 2.29. The largest absolute Gasteiger partial charge is 0.323 e. The van der Waals surface area contributed by atoms with Gasteiger partial charge < -0.3 is 11.1 Å². The Morgan fingerprint density at radius 2 is 2.25 bits per heavy atom. The molecular weight excluding hydrogens is 247 g/mol. The maximum atomic E-state index is 11.6. The van der Waals surface area contributed by atoms with Gasteiger partial charge in [0.2, 0.25) is 5.91 Å². The molecule has 0 aliphatic rings. The van der Waals surface area contributed by atoms with Gasteiger partial charge in [0.05, 0.1) is 21.8 Å². The Hall–Kier alpha value is -1.03. The van der Waals surface area contributed by atoms with Crippen molar-refractivity contribution < 1.29 is 4.79 Å². The molecule has 0 aromatic heterocycles. The monoisotopic (exact) mass is 258 g/mol. The molecule has 0 saturated heterocycles. The number of hydrogen-bond donors (Lipinski definition) is 2. The molecular formula is C11H12Cl2N2O. The van der Waals surface area contributed by atoms with Crippen LogP contribution < -0.4 is 11.1 Å². The molecule has 1 atom stereocenters. The molecule has 3 nitrogen and oxygen atoms in total. The van der Waals surface area contributed by atoms with E-state index in [0.717, 1.165) is 0 Å². The summed E-state index contributed by atoms with van der Waals surface area (Å²) in [5.41, 5.74) is 6.06. The van der Waals surface area contributed by atoms with Crippen molar-refractivity contribution >= 4 is 34.8 Å². The van der Waals surface area contributed by atoms with E-state index in [2.05, 4.69) is 11.9 Å². The molecule has 1 aromatic rings. The number of nitrogens with two attached hydrogens (primary N) is 1. The average Bonchev–Trinajstić information content (AvgIpc) is 2.25. The smallest absolute Gasteiger partial charge is 0.241 e. The molecule has 0 spiro atoms. The van der Waals surface area contributed by atoms with Gasteiger partial charge in [-0.25, -0.2) is 0 Å². The molecule has 1 amide bonds. The van der Waals surface area contributed by atoms with Gasteiger partial charge in [0.1, 0.15) is 0 Å². The van der Waals surface area contributed by atoms with Crippen LogP contribution in [0.25, 0.3) is 0 Å². The summed E-state index contributed by atoms with van der Waals surface area (Å²) in [6.45, 7) is 3.51. The number of anilines is 1. The highest BCUT2D eigenvalue weighted by atomic mass is 35.5. The van der Waals surface area contributed by atoms with Gasteiger partial charge in [0.25, 0.3) is 0 Å². The van der Waals surface area contributed by atoms with Crippen LogP contribution in [-0.2, 0) is 4.79 Å². The number of nitrogens with one attached hydrogen (secondary N) is 1. The molecule has 0 fully saturated rings. The van der Waals surface area contributed by atoms with Gasteiger partial charge in [-0.2, -0.15) is 0 Å². The third-order valence-electron chi connectivity index (χ3n) is 1.97. The van der Waals surface area contributed by atoms with Gasteiger partial charge >= 0.3 is 0 Å². The molecule has 0 heterocycles. The lowest BCUT2D eigenvalue weighted by atomic mass is 10.2. The van der Waals surface area contributed by atoms with E-state index in [1.54, 1.807) is 24.3 Å². The zero-order chi connectivity index (χ0) is 12.1. The predicted octanol–water partition coefficient (Wildman–Crippen LogP) is 2.84. The maximum Gasteiger partial charge on any atom is 0.241 e. The second-order valence-corrected chi connectivity index (χ2v) is 4.01. The minimum atomic E-state index is -0.632. The summed E-state index contributed by atoms with van der Waals surface area (Å²) in [6, 6.07) is 4.37. The lowest BCUT2D eigenvalue weighted by Crippen LogP contribution is -2.35. The molecule has 16 heavy (non-hydrogen) atoms. The first-order valence-electron chi connectivity index (χ1n) is 4.67. The summed E-state index contributed by atoms with van der Waals surface area (Å²) in [6.07, 6.45) is 1.99. The Morgan fingerprint density at radius 3 is 2.88 bits per heavy atom. The van der Waals surface area contributed by atoms with Crippen LogP contribution >= 0.6 is 23.2 Å². The number of rotatable bonds is 4. The molecule has 1 aromatic carbocycles. The second kappa shape index (κ2) is 5.89. The van der Waals surface area contributed by atoms with E-state index in [0.29, 0.717) is 22.2 Å². The highest BCUT2D eigenvalue weighted by Gasteiger charge is 2.13. The standard InChI is InChI=1S/C11H12Cl2N2O/c1-2-4-8(14)11(16)15-9-6-3-5-7(12)10(9)13/h2-3,5-6,8H,1,4,14H2,(H,15,16). The summed E-state index contributed by atoms with van der Waals surface area (Å²) in [4.78, 5) is 11.6. The summed E-state index contributed by atoms with van der Waals surface area (Å²) in [7, 11) is 0. The van der Waals surface area contributed by atoms with Crippen molar-refractivity contribution in [2.75, 3.05) is 5.32 Å². The van der Waals surface area contributed by atoms with Gasteiger partial charge in [-0.05, 0) is 18.6 Å². The fraction of sp³-hybridized carbons (Fsp3) is 0.182. The molecule has 0 radical (unpaired) electrons. The fourth-order valence-corrected chi connectivity index (χ4v) is 1.46. The first-order chi connectivity index (χ1) is 7.56. The average molecular weight is 259 g/mol. The van der Waals surface area contributed by atoms with Gasteiger partial charge in [-0.3, -0.25) is 4.79 Å². The van der Waals surface area contributed by atoms with E-state index in [4.69, 9.17) is 28.9 Å². The van der Waals surface area contributed by atoms with E-state index in [-0.39, 0.29) is 5.91 Å². The quantitative estimate of drug-likeness (QED) is 0.817. The Kier molecular flexibility index (Phi) is 4.80. The fourth-order valence-electron chi connectivity index (χ4n) is 1.11. The molecule has 86 valence electrons. The number of halogens is 2. The number of amides is 1. The van der Waals surface area contributed by atoms with Crippen molar-refractivity contribution in [2.45, 2.75) is 12.5 Å². The summed E-state index contributed by atoms with van der Waals surface area (Å²) in [5, 5.41) is 3.30. The van der Waals surface area contributed by atoms with E-state index in [1.165, 1.54) is 0 Å². The first-order valence-corrected chi connectivity index (χ1v) is 5.43. The van der Waals surface area contributed by atoms with Crippen LogP contribution in [0.4, 0.5) is 5.69 Å². The van der Waals surface area contributed by atoms with Gasteiger partial charge in [-0.1, -0.05) is 35.3 Å². The van der Waals surface area contributed by atoms with Gasteiger partial charge in [0, 0.05) is 0 Å². The number of carbonyl (C=O) groups is 1. The molecule has 1 unspecified atom stereocenters. The molecule has 1 rings (SSSR count). The molecule has 0 aliphatic heterocycles. The van der Waals surface area contributed by atoms with E-state index in [1.807, 2.05) is 0 Å². The molecule has 0 bridgehead atoms. The molecule has 0 saturated carbocycles. The minimum absolute atomic E-state index is 0.309. The molecule has 0 aliphatic carbocycles. The third-order valence-corrected chi connectivity index (χ3v) is 2.79. The Balaban J connectivity index is 2.77. The van der Waals surface area contributed by atoms with Crippen molar-refractivity contribution in [3.8, 4) is 0 Å². The Bertz CT molecular complexity index is 407. The van der Waals surface area contributed by atoms with Gasteiger partial charge in [-0.15, -0.1) is 6.58 Å². The highest BCUT2D eigenvalue weighted by molar-refractivity contribution is 6.44. The first kappa shape index (κ1) is 13.0. The second-order valence-electron chi connectivity index (χ2n) is 3.22. The van der Waals surface area contributed by atoms with Crippen LogP contribution in [0.5, 0.6) is 0 Å². The van der Waals surface area contributed by atoms with E-state index < -0.39 is 6.04 Å². The lowest BCUT2D eigenvalue weighted by Gasteiger charge is -2.11. The predicted molar refractivity (Wildman–Crippen MR) is 67.9 cm³/mol. The molecule has 3 N–H and O–H groups in total. The van der Waals surface area contributed by atoms with Crippen LogP contribution in [-0.4, -0.2) is 11.9 Å². The zero-order valence-electron chi connectivity index (χ0n) is 8.54. The number of benzene rings is 1. The van der Waals surface area contributed by atoms with E-state index in [9.17, 15) is 4.79 Å². The van der Waals surface area contributed by atoms with Crippen molar-refractivity contribution in [1.29, 1.82) is 0 Å². The summed E-state index contributed by atoms with van der Waals surface area (Å²) in [5.74, 6) is -0.316. The molecule has 5 heteroatoms. The van der Waals surface area contributed by atoms with Gasteiger partial charge in [0.15, 0.2) is 0 Å². The van der Waals surface area contributed by atoms with Crippen molar-refractivity contribution in [3.63, 3.8) is 0 Å². The van der Waals surface area contributed by atoms with E-state index >= 15 is 0 Å². The topological polar surface area (TPSA) is 55.1 Å². The maximum absolute atomic E-state index is 11.6. The number of carbonyl (C=O) groups excluding carboxylic acids is 1. The van der Waals surface area contributed by atoms with Crippen LogP contribution in [0.1, 0.15) is 6.42 Å². The summed E-state index contributed by atoms with van der Waals surface area (Å²) >= 11 is 11.7. The zero-order valence-corrected chi connectivity index (χ0v) is 10.1. The Morgan fingerprint density at radius 1 is 1.56 bits per heavy atom. The van der Waals surface area contributed by atoms with Crippen LogP contribution in [0.15, 0.2) is 30.9 Å². The van der Waals surface area contributed by atoms with Crippen LogP contribution in [0, 0.1) is 0 Å². The summed E-state index contributed by atoms with van der Waals surface area (Å²) < 4.78 is 0.